The third-order valence-electron chi connectivity index (χ3n) is 4.64. The maximum atomic E-state index is 12.7. The van der Waals surface area contributed by atoms with E-state index in [4.69, 9.17) is 0 Å². The first-order valence-electron chi connectivity index (χ1n) is 9.15. The lowest BCUT2D eigenvalue weighted by Gasteiger charge is -2.32. The molecule has 1 aliphatic rings. The van der Waals surface area contributed by atoms with Gasteiger partial charge in [-0.1, -0.05) is 13.3 Å². The van der Waals surface area contributed by atoms with Crippen LogP contribution in [0.15, 0.2) is 18.3 Å². The van der Waals surface area contributed by atoms with Gasteiger partial charge in [-0.3, -0.25) is 9.59 Å². The van der Waals surface area contributed by atoms with E-state index < -0.39 is 0 Å². The average Bonchev–Trinajstić information content (AvgIpc) is 2.61. The fourth-order valence-corrected chi connectivity index (χ4v) is 3.20. The van der Waals surface area contributed by atoms with Crippen LogP contribution >= 0.6 is 0 Å². The first-order chi connectivity index (χ1) is 11.9. The zero-order valence-corrected chi connectivity index (χ0v) is 15.8. The van der Waals surface area contributed by atoms with Crippen LogP contribution in [-0.2, 0) is 4.79 Å². The fourth-order valence-electron chi connectivity index (χ4n) is 3.20. The van der Waals surface area contributed by atoms with Crippen LogP contribution in [0.3, 0.4) is 0 Å². The third-order valence-corrected chi connectivity index (χ3v) is 4.64. The highest BCUT2D eigenvalue weighted by Gasteiger charge is 2.29. The lowest BCUT2D eigenvalue weighted by molar-refractivity contribution is -0.127. The van der Waals surface area contributed by atoms with Crippen molar-refractivity contribution in [1.29, 1.82) is 0 Å². The molecule has 1 saturated heterocycles. The van der Waals surface area contributed by atoms with Crippen LogP contribution in [0.1, 0.15) is 49.9 Å². The second-order valence-corrected chi connectivity index (χ2v) is 7.09. The van der Waals surface area contributed by atoms with Crippen molar-refractivity contribution in [2.75, 3.05) is 32.1 Å². The van der Waals surface area contributed by atoms with E-state index in [0.717, 1.165) is 31.5 Å². The summed E-state index contributed by atoms with van der Waals surface area (Å²) in [5.41, 5.74) is 0.575. The molecule has 6 nitrogen and oxygen atoms in total. The summed E-state index contributed by atoms with van der Waals surface area (Å²) in [6.45, 7) is 5.33. The Balaban J connectivity index is 1.97. The van der Waals surface area contributed by atoms with Gasteiger partial charge in [0.15, 0.2) is 0 Å². The maximum absolute atomic E-state index is 12.7. The molecule has 6 heteroatoms. The molecule has 0 bridgehead atoms. The zero-order chi connectivity index (χ0) is 18.4. The van der Waals surface area contributed by atoms with E-state index in [-0.39, 0.29) is 23.8 Å². The largest absolute Gasteiger partial charge is 0.363 e. The standard InChI is InChI=1S/C19H30N4O2/c1-5-7-14(2)21-18(24)16-8-6-11-23(13-16)19(25)15-9-10-17(20-12-15)22(3)4/h9-10,12,14,16H,5-8,11,13H2,1-4H3,(H,21,24)/t14-,16-/m0/s1. The van der Waals surface area contributed by atoms with Gasteiger partial charge in [0.1, 0.15) is 5.82 Å². The predicted molar refractivity (Wildman–Crippen MR) is 99.7 cm³/mol. The molecule has 0 aromatic carbocycles. The van der Waals surface area contributed by atoms with Crippen LogP contribution in [0.4, 0.5) is 5.82 Å². The molecule has 1 aromatic heterocycles. The fraction of sp³-hybridized carbons (Fsp3) is 0.632. The van der Waals surface area contributed by atoms with Crippen molar-refractivity contribution in [3.05, 3.63) is 23.9 Å². The number of pyridine rings is 1. The Hall–Kier alpha value is -2.11. The minimum absolute atomic E-state index is 0.0445. The summed E-state index contributed by atoms with van der Waals surface area (Å²) in [5, 5.41) is 3.07. The molecule has 138 valence electrons. The Morgan fingerprint density at radius 3 is 2.76 bits per heavy atom. The van der Waals surface area contributed by atoms with E-state index in [0.29, 0.717) is 18.7 Å². The quantitative estimate of drug-likeness (QED) is 0.858. The normalized spacial score (nSPS) is 18.6. The molecular weight excluding hydrogens is 316 g/mol. The maximum Gasteiger partial charge on any atom is 0.255 e. The molecule has 2 heterocycles. The number of aromatic nitrogens is 1. The van der Waals surface area contributed by atoms with Gasteiger partial charge in [0.05, 0.1) is 11.5 Å². The molecule has 1 N–H and O–H groups in total. The van der Waals surface area contributed by atoms with E-state index in [9.17, 15) is 9.59 Å². The van der Waals surface area contributed by atoms with Crippen molar-refractivity contribution >= 4 is 17.6 Å². The smallest absolute Gasteiger partial charge is 0.255 e. The van der Waals surface area contributed by atoms with E-state index >= 15 is 0 Å². The van der Waals surface area contributed by atoms with Crippen molar-refractivity contribution in [2.45, 2.75) is 45.6 Å². The molecule has 1 aromatic rings. The minimum atomic E-state index is -0.119. The van der Waals surface area contributed by atoms with Crippen molar-refractivity contribution in [3.8, 4) is 0 Å². The monoisotopic (exact) mass is 346 g/mol. The molecule has 2 atom stereocenters. The van der Waals surface area contributed by atoms with Gasteiger partial charge in [-0.2, -0.15) is 0 Å². The lowest BCUT2D eigenvalue weighted by atomic mass is 9.96. The van der Waals surface area contributed by atoms with Gasteiger partial charge in [0.2, 0.25) is 5.91 Å². The summed E-state index contributed by atoms with van der Waals surface area (Å²) >= 11 is 0. The van der Waals surface area contributed by atoms with Gasteiger partial charge in [0.25, 0.3) is 5.91 Å². The molecule has 0 aliphatic carbocycles. The zero-order valence-electron chi connectivity index (χ0n) is 15.8. The number of nitrogens with one attached hydrogen (secondary N) is 1. The van der Waals surface area contributed by atoms with Gasteiger partial charge >= 0.3 is 0 Å². The number of hydrogen-bond acceptors (Lipinski definition) is 4. The number of anilines is 1. The summed E-state index contributed by atoms with van der Waals surface area (Å²) in [6.07, 6.45) is 5.34. The van der Waals surface area contributed by atoms with E-state index in [1.165, 1.54) is 0 Å². The van der Waals surface area contributed by atoms with Crippen LogP contribution in [0, 0.1) is 5.92 Å². The van der Waals surface area contributed by atoms with Gasteiger partial charge < -0.3 is 15.1 Å². The number of nitrogens with zero attached hydrogens (tertiary/aromatic N) is 3. The molecule has 1 fully saturated rings. The Kier molecular flexibility index (Phi) is 6.79. The molecule has 0 spiro atoms. The summed E-state index contributed by atoms with van der Waals surface area (Å²) < 4.78 is 0. The highest BCUT2D eigenvalue weighted by atomic mass is 16.2. The van der Waals surface area contributed by atoms with E-state index in [1.807, 2.05) is 32.0 Å². The second-order valence-electron chi connectivity index (χ2n) is 7.09. The Bertz CT molecular complexity index is 586. The molecule has 0 saturated carbocycles. The number of carbonyl (C=O) groups excluding carboxylic acids is 2. The van der Waals surface area contributed by atoms with Gasteiger partial charge in [-0.15, -0.1) is 0 Å². The third kappa shape index (κ3) is 5.18. The number of likely N-dealkylation sites (tertiary alicyclic amines) is 1. The first kappa shape index (κ1) is 19.2. The minimum Gasteiger partial charge on any atom is -0.363 e. The molecular formula is C19H30N4O2. The molecule has 0 radical (unpaired) electrons. The molecule has 25 heavy (non-hydrogen) atoms. The molecule has 1 aliphatic heterocycles. The Morgan fingerprint density at radius 2 is 2.16 bits per heavy atom. The van der Waals surface area contributed by atoms with Gasteiger partial charge in [0, 0.05) is 39.4 Å². The van der Waals surface area contributed by atoms with Crippen LogP contribution in [0.5, 0.6) is 0 Å². The number of carbonyl (C=O) groups is 2. The van der Waals surface area contributed by atoms with Crippen LogP contribution in [0.25, 0.3) is 0 Å². The van der Waals surface area contributed by atoms with Crippen LogP contribution < -0.4 is 10.2 Å². The Labute approximate surface area is 150 Å². The van der Waals surface area contributed by atoms with Crippen molar-refractivity contribution in [1.82, 2.24) is 15.2 Å². The van der Waals surface area contributed by atoms with Crippen molar-refractivity contribution in [3.63, 3.8) is 0 Å². The van der Waals surface area contributed by atoms with Gasteiger partial charge in [-0.05, 0) is 38.3 Å². The topological polar surface area (TPSA) is 65.5 Å². The van der Waals surface area contributed by atoms with Crippen LogP contribution in [-0.4, -0.2) is 54.9 Å². The van der Waals surface area contributed by atoms with E-state index in [2.05, 4.69) is 17.2 Å². The highest BCUT2D eigenvalue weighted by Crippen LogP contribution is 2.20. The number of piperidine rings is 1. The average molecular weight is 346 g/mol. The number of hydrogen-bond donors (Lipinski definition) is 1. The molecule has 0 unspecified atom stereocenters. The summed E-state index contributed by atoms with van der Waals surface area (Å²) in [5.74, 6) is 0.722. The van der Waals surface area contributed by atoms with E-state index in [1.54, 1.807) is 17.2 Å². The summed E-state index contributed by atoms with van der Waals surface area (Å²) in [6, 6.07) is 3.83. The van der Waals surface area contributed by atoms with Gasteiger partial charge in [-0.25, -0.2) is 4.98 Å². The second kappa shape index (κ2) is 8.83. The Morgan fingerprint density at radius 1 is 1.40 bits per heavy atom. The predicted octanol–water partition coefficient (Wildman–Crippen LogP) is 2.30. The van der Waals surface area contributed by atoms with Crippen LogP contribution in [0.2, 0.25) is 0 Å². The molecule has 2 rings (SSSR count). The number of rotatable bonds is 6. The van der Waals surface area contributed by atoms with Crippen molar-refractivity contribution in [2.24, 2.45) is 5.92 Å². The van der Waals surface area contributed by atoms with Crippen molar-refractivity contribution < 1.29 is 9.59 Å². The highest BCUT2D eigenvalue weighted by molar-refractivity contribution is 5.94. The first-order valence-corrected chi connectivity index (χ1v) is 9.15. The summed E-state index contributed by atoms with van der Waals surface area (Å²) in [4.78, 5) is 33.1. The SMILES string of the molecule is CCC[C@H](C)NC(=O)[C@H]1CCCN(C(=O)c2ccc(N(C)C)nc2)C1. The lowest BCUT2D eigenvalue weighted by Crippen LogP contribution is -2.47. The number of amides is 2. The molecule has 2 amide bonds. The summed E-state index contributed by atoms with van der Waals surface area (Å²) in [7, 11) is 3.83.